The maximum atomic E-state index is 12.6. The Hall–Kier alpha value is -1.66. The third-order valence-electron chi connectivity index (χ3n) is 6.17. The standard InChI is InChI=1S/C22H32N2O3S/c1-16(2)7-6-13-21(4)18-12-14-22(5,27-21)20(15-18)23-24-28(25,26)19-10-8-17(3)9-11-19/h7-11,18,24H,6,12-15H2,1-5H3/b23-20-. The molecule has 1 aromatic carbocycles. The van der Waals surface area contributed by atoms with Gasteiger partial charge in [0.05, 0.1) is 16.2 Å². The number of rotatable bonds is 6. The molecular formula is C22H32N2O3S. The normalized spacial score (nSPS) is 31.0. The summed E-state index contributed by atoms with van der Waals surface area (Å²) in [6.45, 7) is 10.4. The van der Waals surface area contributed by atoms with Crippen molar-refractivity contribution in [3.63, 3.8) is 0 Å². The molecule has 0 radical (unpaired) electrons. The molecule has 3 fully saturated rings. The maximum Gasteiger partial charge on any atom is 0.276 e. The molecule has 28 heavy (non-hydrogen) atoms. The number of nitrogens with one attached hydrogen (secondary N) is 1. The second-order valence-electron chi connectivity index (χ2n) is 8.87. The predicted molar refractivity (Wildman–Crippen MR) is 113 cm³/mol. The van der Waals surface area contributed by atoms with E-state index in [0.717, 1.165) is 43.4 Å². The summed E-state index contributed by atoms with van der Waals surface area (Å²) in [5, 5.41) is 4.32. The number of benzene rings is 1. The van der Waals surface area contributed by atoms with E-state index in [9.17, 15) is 8.42 Å². The first kappa shape index (κ1) is 21.1. The molecule has 2 heterocycles. The van der Waals surface area contributed by atoms with Crippen LogP contribution in [0.1, 0.15) is 65.4 Å². The molecule has 3 unspecified atom stereocenters. The number of hydrogen-bond acceptors (Lipinski definition) is 4. The van der Waals surface area contributed by atoms with Crippen LogP contribution < -0.4 is 4.83 Å². The zero-order valence-corrected chi connectivity index (χ0v) is 18.4. The molecule has 5 nitrogen and oxygen atoms in total. The fraction of sp³-hybridized carbons (Fsp3) is 0.591. The third-order valence-corrected chi connectivity index (χ3v) is 7.39. The molecule has 1 saturated carbocycles. The van der Waals surface area contributed by atoms with Gasteiger partial charge in [0.15, 0.2) is 0 Å². The largest absolute Gasteiger partial charge is 0.363 e. The number of fused-ring (bicyclic) bond motifs is 3. The van der Waals surface area contributed by atoms with E-state index in [0.29, 0.717) is 5.92 Å². The van der Waals surface area contributed by atoms with Crippen LogP contribution in [-0.2, 0) is 14.8 Å². The van der Waals surface area contributed by atoms with E-state index in [2.05, 4.69) is 36.8 Å². The lowest BCUT2D eigenvalue weighted by Gasteiger charge is -2.55. The zero-order chi connectivity index (χ0) is 20.6. The smallest absolute Gasteiger partial charge is 0.276 e. The lowest BCUT2D eigenvalue weighted by molar-refractivity contribution is -0.190. The summed E-state index contributed by atoms with van der Waals surface area (Å²) in [5.74, 6) is 0.363. The molecule has 0 aromatic heterocycles. The van der Waals surface area contributed by atoms with Crippen LogP contribution in [0, 0.1) is 12.8 Å². The van der Waals surface area contributed by atoms with Crippen LogP contribution in [0.25, 0.3) is 0 Å². The van der Waals surface area contributed by atoms with Gasteiger partial charge in [0.25, 0.3) is 10.0 Å². The lowest BCUT2D eigenvalue weighted by atomic mass is 9.66. The minimum Gasteiger partial charge on any atom is -0.363 e. The molecule has 1 aliphatic carbocycles. The van der Waals surface area contributed by atoms with Crippen molar-refractivity contribution in [1.29, 1.82) is 0 Å². The van der Waals surface area contributed by atoms with Crippen LogP contribution >= 0.6 is 0 Å². The highest BCUT2D eigenvalue weighted by Gasteiger charge is 2.54. The van der Waals surface area contributed by atoms with Crippen molar-refractivity contribution in [3.8, 4) is 0 Å². The SMILES string of the molecule is CC(C)=CCCC1(C)OC2(C)CCC1C/C2=N/NS(=O)(=O)c1ccc(C)cc1. The van der Waals surface area contributed by atoms with E-state index < -0.39 is 15.6 Å². The van der Waals surface area contributed by atoms with Gasteiger partial charge in [0, 0.05) is 0 Å². The van der Waals surface area contributed by atoms with Crippen molar-refractivity contribution in [2.75, 3.05) is 0 Å². The van der Waals surface area contributed by atoms with Gasteiger partial charge in [0.2, 0.25) is 0 Å². The molecule has 3 aliphatic rings. The summed E-state index contributed by atoms with van der Waals surface area (Å²) in [4.78, 5) is 2.65. The molecule has 2 bridgehead atoms. The van der Waals surface area contributed by atoms with Gasteiger partial charge in [-0.25, -0.2) is 4.83 Å². The number of hydrazone groups is 1. The zero-order valence-electron chi connectivity index (χ0n) is 17.6. The van der Waals surface area contributed by atoms with Crippen molar-refractivity contribution in [2.24, 2.45) is 11.0 Å². The van der Waals surface area contributed by atoms with E-state index in [-0.39, 0.29) is 10.5 Å². The quantitative estimate of drug-likeness (QED) is 0.551. The third kappa shape index (κ3) is 4.33. The van der Waals surface area contributed by atoms with Crippen LogP contribution in [0.4, 0.5) is 0 Å². The van der Waals surface area contributed by atoms with Crippen LogP contribution in [-0.4, -0.2) is 25.3 Å². The number of ether oxygens (including phenoxy) is 1. The molecule has 3 atom stereocenters. The predicted octanol–water partition coefficient (Wildman–Crippen LogP) is 4.72. The molecule has 1 N–H and O–H groups in total. The van der Waals surface area contributed by atoms with Crippen molar-refractivity contribution in [2.45, 2.75) is 82.8 Å². The summed E-state index contributed by atoms with van der Waals surface area (Å²) in [5.41, 5.74) is 2.45. The fourth-order valence-corrected chi connectivity index (χ4v) is 5.16. The van der Waals surface area contributed by atoms with Crippen molar-refractivity contribution < 1.29 is 13.2 Å². The summed E-state index contributed by atoms with van der Waals surface area (Å²) in [7, 11) is -3.67. The van der Waals surface area contributed by atoms with Crippen LogP contribution in [0.15, 0.2) is 45.9 Å². The Labute approximate surface area is 169 Å². The van der Waals surface area contributed by atoms with E-state index >= 15 is 0 Å². The average Bonchev–Trinajstić information content (AvgIpc) is 2.60. The number of sulfonamides is 1. The van der Waals surface area contributed by atoms with Gasteiger partial charge >= 0.3 is 0 Å². The Kier molecular flexibility index (Phi) is 5.74. The number of hydrogen-bond donors (Lipinski definition) is 1. The topological polar surface area (TPSA) is 67.8 Å². The highest BCUT2D eigenvalue weighted by Crippen LogP contribution is 2.50. The summed E-state index contributed by atoms with van der Waals surface area (Å²) < 4.78 is 31.7. The van der Waals surface area contributed by atoms with Crippen LogP contribution in [0.2, 0.25) is 0 Å². The van der Waals surface area contributed by atoms with Gasteiger partial charge in [0.1, 0.15) is 5.60 Å². The van der Waals surface area contributed by atoms with Crippen molar-refractivity contribution in [1.82, 2.24) is 4.83 Å². The molecule has 6 heteroatoms. The summed E-state index contributed by atoms with van der Waals surface area (Å²) in [6.07, 6.45) is 6.97. The summed E-state index contributed by atoms with van der Waals surface area (Å²) >= 11 is 0. The lowest BCUT2D eigenvalue weighted by Crippen LogP contribution is -2.60. The van der Waals surface area contributed by atoms with Crippen LogP contribution in [0.5, 0.6) is 0 Å². The Morgan fingerprint density at radius 2 is 1.96 bits per heavy atom. The van der Waals surface area contributed by atoms with Gasteiger partial charge in [-0.2, -0.15) is 13.5 Å². The number of nitrogens with zero attached hydrogens (tertiary/aromatic N) is 1. The molecule has 2 saturated heterocycles. The first-order valence-corrected chi connectivity index (χ1v) is 11.5. The first-order chi connectivity index (χ1) is 13.0. The summed E-state index contributed by atoms with van der Waals surface area (Å²) in [6, 6.07) is 6.77. The second-order valence-corrected chi connectivity index (χ2v) is 10.5. The maximum absolute atomic E-state index is 12.6. The van der Waals surface area contributed by atoms with Gasteiger partial charge in [-0.05, 0) is 84.8 Å². The highest BCUT2D eigenvalue weighted by molar-refractivity contribution is 7.89. The Morgan fingerprint density at radius 1 is 1.29 bits per heavy atom. The molecule has 154 valence electrons. The first-order valence-electron chi connectivity index (χ1n) is 10.0. The monoisotopic (exact) mass is 404 g/mol. The molecule has 0 spiro atoms. The Bertz CT molecular complexity index is 885. The molecular weight excluding hydrogens is 372 g/mol. The van der Waals surface area contributed by atoms with Crippen molar-refractivity contribution >= 4 is 15.7 Å². The van der Waals surface area contributed by atoms with E-state index in [1.165, 1.54) is 5.57 Å². The van der Waals surface area contributed by atoms with Gasteiger partial charge < -0.3 is 4.74 Å². The molecule has 2 aliphatic heterocycles. The second kappa shape index (κ2) is 7.64. The van der Waals surface area contributed by atoms with E-state index in [1.807, 2.05) is 13.8 Å². The van der Waals surface area contributed by atoms with E-state index in [4.69, 9.17) is 4.74 Å². The van der Waals surface area contributed by atoms with Crippen molar-refractivity contribution in [3.05, 3.63) is 41.5 Å². The fourth-order valence-electron chi connectivity index (χ4n) is 4.33. The van der Waals surface area contributed by atoms with Gasteiger partial charge in [-0.3, -0.25) is 0 Å². The molecule has 4 rings (SSSR count). The Balaban J connectivity index is 1.75. The number of aryl methyl sites for hydroxylation is 1. The van der Waals surface area contributed by atoms with E-state index in [1.54, 1.807) is 24.3 Å². The highest BCUT2D eigenvalue weighted by atomic mass is 32.2. The van der Waals surface area contributed by atoms with Gasteiger partial charge in [-0.1, -0.05) is 29.3 Å². The number of allylic oxidation sites excluding steroid dienone is 2. The average molecular weight is 405 g/mol. The molecule has 1 aromatic rings. The molecule has 0 amide bonds. The van der Waals surface area contributed by atoms with Gasteiger partial charge in [-0.15, -0.1) is 0 Å². The minimum atomic E-state index is -3.67. The Morgan fingerprint density at radius 3 is 2.57 bits per heavy atom. The van der Waals surface area contributed by atoms with Crippen LogP contribution in [0.3, 0.4) is 0 Å². The minimum absolute atomic E-state index is 0.187.